The first kappa shape index (κ1) is 14.6. The van der Waals surface area contributed by atoms with E-state index in [9.17, 15) is 0 Å². The number of hydrogen-bond donors (Lipinski definition) is 1. The fourth-order valence-electron chi connectivity index (χ4n) is 3.36. The molecule has 3 atom stereocenters. The summed E-state index contributed by atoms with van der Waals surface area (Å²) >= 11 is 1.62. The van der Waals surface area contributed by atoms with E-state index in [1.807, 2.05) is 29.0 Å². The van der Waals surface area contributed by atoms with Gasteiger partial charge in [0, 0.05) is 24.0 Å². The molecule has 3 aromatic heterocycles. The molecule has 1 N–H and O–H groups in total. The summed E-state index contributed by atoms with van der Waals surface area (Å²) < 4.78 is 1.87. The van der Waals surface area contributed by atoms with Crippen molar-refractivity contribution in [3.63, 3.8) is 0 Å². The molecule has 0 aliphatic heterocycles. The molecule has 3 unspecified atom stereocenters. The second-order valence-corrected chi connectivity index (χ2v) is 7.48. The van der Waals surface area contributed by atoms with Gasteiger partial charge in [-0.15, -0.1) is 5.10 Å². The second-order valence-electron chi connectivity index (χ2n) is 6.52. The van der Waals surface area contributed by atoms with Gasteiger partial charge in [-0.1, -0.05) is 38.0 Å². The van der Waals surface area contributed by atoms with Crippen LogP contribution < -0.4 is 5.32 Å². The Balaban J connectivity index is 1.55. The second kappa shape index (κ2) is 5.92. The van der Waals surface area contributed by atoms with E-state index in [2.05, 4.69) is 34.2 Å². The maximum Gasteiger partial charge on any atom is 0.214 e. The molecule has 0 radical (unpaired) electrons. The minimum Gasteiger partial charge on any atom is -0.357 e. The van der Waals surface area contributed by atoms with E-state index in [4.69, 9.17) is 0 Å². The van der Waals surface area contributed by atoms with Crippen LogP contribution in [0.1, 0.15) is 33.1 Å². The van der Waals surface area contributed by atoms with Gasteiger partial charge in [0.2, 0.25) is 10.1 Å². The van der Waals surface area contributed by atoms with Crippen molar-refractivity contribution in [3.05, 3.63) is 30.7 Å². The number of hydrogen-bond acceptors (Lipinski definition) is 5. The number of rotatable bonds is 3. The van der Waals surface area contributed by atoms with Crippen molar-refractivity contribution in [1.82, 2.24) is 19.6 Å². The van der Waals surface area contributed by atoms with Crippen LogP contribution >= 0.6 is 11.3 Å². The number of imidazole rings is 1. The summed E-state index contributed by atoms with van der Waals surface area (Å²) in [5, 5.41) is 9.25. The number of pyridine rings is 1. The topological polar surface area (TPSA) is 55.1 Å². The minimum absolute atomic E-state index is 0.521. The van der Waals surface area contributed by atoms with Gasteiger partial charge in [0.1, 0.15) is 0 Å². The Labute approximate surface area is 139 Å². The lowest BCUT2D eigenvalue weighted by molar-refractivity contribution is 0.253. The van der Waals surface area contributed by atoms with E-state index in [1.54, 1.807) is 17.5 Å². The molecular weight excluding hydrogens is 306 g/mol. The third-order valence-corrected chi connectivity index (χ3v) is 5.87. The number of nitrogens with one attached hydrogen (secondary N) is 1. The maximum atomic E-state index is 4.67. The Bertz CT molecular complexity index is 762. The molecule has 0 aromatic carbocycles. The summed E-state index contributed by atoms with van der Waals surface area (Å²) in [5.41, 5.74) is 1.94. The van der Waals surface area contributed by atoms with Gasteiger partial charge < -0.3 is 5.32 Å². The Morgan fingerprint density at radius 3 is 3.00 bits per heavy atom. The molecule has 1 fully saturated rings. The number of aromatic nitrogens is 4. The molecule has 0 amide bonds. The average molecular weight is 327 g/mol. The van der Waals surface area contributed by atoms with E-state index in [0.29, 0.717) is 12.0 Å². The third kappa shape index (κ3) is 2.83. The standard InChI is InChI=1S/C17H21N5S/c1-11-5-3-7-14(12(11)2)19-16-21-22-10-15(20-17(22)23-16)13-6-4-8-18-9-13/h4,6,8-12,14H,3,5,7H2,1-2H3,(H,19,21). The van der Waals surface area contributed by atoms with Crippen molar-refractivity contribution in [2.24, 2.45) is 11.8 Å². The molecule has 0 saturated heterocycles. The van der Waals surface area contributed by atoms with Crippen molar-refractivity contribution in [3.8, 4) is 11.3 Å². The van der Waals surface area contributed by atoms with E-state index in [0.717, 1.165) is 27.3 Å². The van der Waals surface area contributed by atoms with Gasteiger partial charge in [0.25, 0.3) is 0 Å². The molecule has 1 saturated carbocycles. The normalized spacial score (nSPS) is 24.9. The molecule has 3 heterocycles. The summed E-state index contributed by atoms with van der Waals surface area (Å²) in [4.78, 5) is 9.74. The van der Waals surface area contributed by atoms with Crippen LogP contribution in [0.2, 0.25) is 0 Å². The summed E-state index contributed by atoms with van der Waals surface area (Å²) in [6.07, 6.45) is 9.45. The molecule has 120 valence electrons. The summed E-state index contributed by atoms with van der Waals surface area (Å²) in [5.74, 6) is 1.47. The lowest BCUT2D eigenvalue weighted by Crippen LogP contribution is -2.34. The predicted molar refractivity (Wildman–Crippen MR) is 93.7 cm³/mol. The fourth-order valence-corrected chi connectivity index (χ4v) is 4.20. The monoisotopic (exact) mass is 327 g/mol. The van der Waals surface area contributed by atoms with E-state index in [-0.39, 0.29) is 0 Å². The van der Waals surface area contributed by atoms with Crippen molar-refractivity contribution in [2.75, 3.05) is 5.32 Å². The first-order valence-electron chi connectivity index (χ1n) is 8.24. The van der Waals surface area contributed by atoms with Crippen LogP contribution in [0.15, 0.2) is 30.7 Å². The van der Waals surface area contributed by atoms with Crippen LogP contribution in [0.4, 0.5) is 5.13 Å². The number of anilines is 1. The van der Waals surface area contributed by atoms with Crippen molar-refractivity contribution < 1.29 is 0 Å². The van der Waals surface area contributed by atoms with E-state index in [1.165, 1.54) is 19.3 Å². The zero-order chi connectivity index (χ0) is 15.8. The highest BCUT2D eigenvalue weighted by atomic mass is 32.1. The van der Waals surface area contributed by atoms with Crippen LogP contribution in [0.5, 0.6) is 0 Å². The molecule has 23 heavy (non-hydrogen) atoms. The van der Waals surface area contributed by atoms with Crippen LogP contribution in [-0.2, 0) is 0 Å². The highest BCUT2D eigenvalue weighted by Gasteiger charge is 2.27. The van der Waals surface area contributed by atoms with Crippen LogP contribution in [-0.4, -0.2) is 25.6 Å². The van der Waals surface area contributed by atoms with E-state index < -0.39 is 0 Å². The quantitative estimate of drug-likeness (QED) is 0.787. The van der Waals surface area contributed by atoms with Crippen molar-refractivity contribution in [2.45, 2.75) is 39.2 Å². The van der Waals surface area contributed by atoms with Gasteiger partial charge in [-0.2, -0.15) is 0 Å². The molecular formula is C17H21N5S. The summed E-state index contributed by atoms with van der Waals surface area (Å²) in [6, 6.07) is 4.46. The minimum atomic E-state index is 0.521. The highest BCUT2D eigenvalue weighted by molar-refractivity contribution is 7.20. The van der Waals surface area contributed by atoms with Crippen molar-refractivity contribution in [1.29, 1.82) is 0 Å². The third-order valence-electron chi connectivity index (χ3n) is 5.02. The molecule has 5 nitrogen and oxygen atoms in total. The highest BCUT2D eigenvalue weighted by Crippen LogP contribution is 2.33. The van der Waals surface area contributed by atoms with Crippen molar-refractivity contribution >= 4 is 21.4 Å². The Hall–Kier alpha value is -1.95. The van der Waals surface area contributed by atoms with Gasteiger partial charge in [-0.05, 0) is 30.4 Å². The van der Waals surface area contributed by atoms with Gasteiger partial charge in [0.15, 0.2) is 0 Å². The zero-order valence-corrected chi connectivity index (χ0v) is 14.3. The maximum absolute atomic E-state index is 4.67. The molecule has 1 aliphatic carbocycles. The smallest absolute Gasteiger partial charge is 0.214 e. The molecule has 4 rings (SSSR count). The molecule has 0 spiro atoms. The first-order chi connectivity index (χ1) is 11.2. The van der Waals surface area contributed by atoms with E-state index >= 15 is 0 Å². The summed E-state index contributed by atoms with van der Waals surface area (Å²) in [6.45, 7) is 4.70. The fraction of sp³-hybridized carbons (Fsp3) is 0.471. The van der Waals surface area contributed by atoms with Gasteiger partial charge in [-0.3, -0.25) is 4.98 Å². The number of nitrogens with zero attached hydrogens (tertiary/aromatic N) is 4. The first-order valence-corrected chi connectivity index (χ1v) is 9.05. The van der Waals surface area contributed by atoms with Crippen LogP contribution in [0, 0.1) is 11.8 Å². The Morgan fingerprint density at radius 1 is 1.30 bits per heavy atom. The predicted octanol–water partition coefficient (Wildman–Crippen LogP) is 4.09. The largest absolute Gasteiger partial charge is 0.357 e. The summed E-state index contributed by atoms with van der Waals surface area (Å²) in [7, 11) is 0. The Morgan fingerprint density at radius 2 is 2.22 bits per heavy atom. The van der Waals surface area contributed by atoms with Gasteiger partial charge in [0.05, 0.1) is 11.9 Å². The van der Waals surface area contributed by atoms with Crippen LogP contribution in [0.3, 0.4) is 0 Å². The lowest BCUT2D eigenvalue weighted by atomic mass is 9.78. The zero-order valence-electron chi connectivity index (χ0n) is 13.4. The molecule has 3 aromatic rings. The van der Waals surface area contributed by atoms with Gasteiger partial charge >= 0.3 is 0 Å². The number of fused-ring (bicyclic) bond motifs is 1. The lowest BCUT2D eigenvalue weighted by Gasteiger charge is -2.34. The van der Waals surface area contributed by atoms with Gasteiger partial charge in [-0.25, -0.2) is 9.50 Å². The Kier molecular flexibility index (Phi) is 3.77. The molecule has 6 heteroatoms. The average Bonchev–Trinajstić information content (AvgIpc) is 3.11. The molecule has 1 aliphatic rings. The SMILES string of the molecule is CC1CCCC(Nc2nn3cc(-c4cccnc4)nc3s2)C1C. The van der Waals surface area contributed by atoms with Crippen LogP contribution in [0.25, 0.3) is 16.2 Å². The molecule has 0 bridgehead atoms.